The van der Waals surface area contributed by atoms with Crippen molar-refractivity contribution in [3.8, 4) is 0 Å². The molecule has 0 aliphatic carbocycles. The predicted octanol–water partition coefficient (Wildman–Crippen LogP) is 0.0949. The molecule has 1 aliphatic rings. The van der Waals surface area contributed by atoms with E-state index in [1.807, 2.05) is 6.92 Å². The summed E-state index contributed by atoms with van der Waals surface area (Å²) >= 11 is 0. The molecule has 1 aromatic rings. The fourth-order valence-corrected chi connectivity index (χ4v) is 4.35. The number of aromatic nitrogens is 4. The first-order valence-electron chi connectivity index (χ1n) is 6.35. The summed E-state index contributed by atoms with van der Waals surface area (Å²) in [5.74, 6) is 0.984. The van der Waals surface area contributed by atoms with Crippen LogP contribution in [0.2, 0.25) is 0 Å². The number of tetrazole rings is 1. The highest BCUT2D eigenvalue weighted by molar-refractivity contribution is 7.91. The van der Waals surface area contributed by atoms with Gasteiger partial charge < -0.3 is 5.32 Å². The molecule has 0 bridgehead atoms. The van der Waals surface area contributed by atoms with Gasteiger partial charge in [-0.25, -0.2) is 13.1 Å². The first-order valence-corrected chi connectivity index (χ1v) is 8.17. The molecule has 0 saturated carbocycles. The molecule has 1 aliphatic heterocycles. The van der Waals surface area contributed by atoms with Crippen LogP contribution in [0.3, 0.4) is 0 Å². The Kier molecular flexibility index (Phi) is 3.42. The van der Waals surface area contributed by atoms with Gasteiger partial charge in [0.25, 0.3) is 0 Å². The van der Waals surface area contributed by atoms with Crippen LogP contribution in [-0.4, -0.2) is 45.7 Å². The highest BCUT2D eigenvalue weighted by Crippen LogP contribution is 2.30. The maximum absolute atomic E-state index is 11.7. The molecule has 19 heavy (non-hydrogen) atoms. The van der Waals surface area contributed by atoms with Crippen molar-refractivity contribution in [3.63, 3.8) is 0 Å². The van der Waals surface area contributed by atoms with Crippen molar-refractivity contribution in [2.45, 2.75) is 51.7 Å². The van der Waals surface area contributed by atoms with Crippen LogP contribution in [0.5, 0.6) is 0 Å². The van der Waals surface area contributed by atoms with Crippen molar-refractivity contribution in [2.75, 3.05) is 11.5 Å². The van der Waals surface area contributed by atoms with Gasteiger partial charge in [-0.2, -0.15) is 0 Å². The van der Waals surface area contributed by atoms with Crippen molar-refractivity contribution in [1.82, 2.24) is 25.5 Å². The number of hydrogen-bond acceptors (Lipinski definition) is 6. The molecule has 0 spiro atoms. The van der Waals surface area contributed by atoms with Crippen molar-refractivity contribution < 1.29 is 8.42 Å². The third kappa shape index (κ3) is 3.30. The lowest BCUT2D eigenvalue weighted by Crippen LogP contribution is -2.39. The molecular weight excluding hydrogens is 266 g/mol. The summed E-state index contributed by atoms with van der Waals surface area (Å²) in [6, 6.07) is 0. The second-order valence-electron chi connectivity index (χ2n) is 6.45. The molecule has 1 unspecified atom stereocenters. The SMILES string of the molecule is CC(C)(C)NCc1nnnn1C1(C)CCS(=O)(=O)C1. The van der Waals surface area contributed by atoms with E-state index in [1.54, 1.807) is 4.68 Å². The Morgan fingerprint density at radius 2 is 2.11 bits per heavy atom. The number of nitrogens with one attached hydrogen (secondary N) is 1. The number of hydrogen-bond donors (Lipinski definition) is 1. The molecular formula is C11H21N5O2S. The third-order valence-electron chi connectivity index (χ3n) is 3.30. The Balaban J connectivity index is 2.20. The maximum atomic E-state index is 11.7. The molecule has 108 valence electrons. The Morgan fingerprint density at radius 1 is 1.42 bits per heavy atom. The third-order valence-corrected chi connectivity index (χ3v) is 5.19. The number of sulfone groups is 1. The minimum atomic E-state index is -2.98. The second kappa shape index (κ2) is 4.52. The average Bonchev–Trinajstić information content (AvgIpc) is 2.80. The van der Waals surface area contributed by atoms with Crippen LogP contribution in [-0.2, 0) is 21.9 Å². The first-order chi connectivity index (χ1) is 8.61. The summed E-state index contributed by atoms with van der Waals surface area (Å²) in [4.78, 5) is 0. The lowest BCUT2D eigenvalue weighted by Gasteiger charge is -2.25. The van der Waals surface area contributed by atoms with Gasteiger partial charge in [0.05, 0.1) is 23.6 Å². The predicted molar refractivity (Wildman–Crippen MR) is 71.3 cm³/mol. The van der Waals surface area contributed by atoms with Crippen LogP contribution in [0.15, 0.2) is 0 Å². The monoisotopic (exact) mass is 287 g/mol. The van der Waals surface area contributed by atoms with Gasteiger partial charge in [-0.1, -0.05) is 0 Å². The van der Waals surface area contributed by atoms with Gasteiger partial charge in [-0.05, 0) is 44.5 Å². The van der Waals surface area contributed by atoms with E-state index in [9.17, 15) is 8.42 Å². The van der Waals surface area contributed by atoms with E-state index < -0.39 is 15.4 Å². The van der Waals surface area contributed by atoms with Crippen LogP contribution in [0.4, 0.5) is 0 Å². The normalized spacial score (nSPS) is 26.7. The van der Waals surface area contributed by atoms with E-state index in [0.29, 0.717) is 18.8 Å². The Hall–Kier alpha value is -1.02. The van der Waals surface area contributed by atoms with Crippen LogP contribution in [0.25, 0.3) is 0 Å². The van der Waals surface area contributed by atoms with Gasteiger partial charge >= 0.3 is 0 Å². The summed E-state index contributed by atoms with van der Waals surface area (Å²) in [5.41, 5.74) is -0.573. The number of nitrogens with zero attached hydrogens (tertiary/aromatic N) is 4. The molecule has 0 radical (unpaired) electrons. The highest BCUT2D eigenvalue weighted by Gasteiger charge is 2.42. The highest BCUT2D eigenvalue weighted by atomic mass is 32.2. The van der Waals surface area contributed by atoms with Gasteiger partial charge in [0.15, 0.2) is 15.7 Å². The first kappa shape index (κ1) is 14.4. The van der Waals surface area contributed by atoms with Gasteiger partial charge in [0, 0.05) is 5.54 Å². The van der Waals surface area contributed by atoms with E-state index in [-0.39, 0.29) is 17.0 Å². The lowest BCUT2D eigenvalue weighted by molar-refractivity contribution is 0.301. The molecule has 1 aromatic heterocycles. The van der Waals surface area contributed by atoms with Gasteiger partial charge in [-0.15, -0.1) is 5.10 Å². The molecule has 1 saturated heterocycles. The van der Waals surface area contributed by atoms with E-state index >= 15 is 0 Å². The molecule has 1 N–H and O–H groups in total. The summed E-state index contributed by atoms with van der Waals surface area (Å²) < 4.78 is 25.0. The maximum Gasteiger partial charge on any atom is 0.165 e. The van der Waals surface area contributed by atoms with E-state index in [1.165, 1.54) is 0 Å². The van der Waals surface area contributed by atoms with Gasteiger partial charge in [0.1, 0.15) is 0 Å². The van der Waals surface area contributed by atoms with Crippen LogP contribution in [0, 0.1) is 0 Å². The summed E-state index contributed by atoms with van der Waals surface area (Å²) in [6.45, 7) is 8.59. The van der Waals surface area contributed by atoms with E-state index in [2.05, 4.69) is 41.6 Å². The molecule has 7 nitrogen and oxygen atoms in total. The minimum Gasteiger partial charge on any atom is -0.305 e. The molecule has 1 atom stereocenters. The van der Waals surface area contributed by atoms with Gasteiger partial charge in [0.2, 0.25) is 0 Å². The Morgan fingerprint density at radius 3 is 2.63 bits per heavy atom. The van der Waals surface area contributed by atoms with Crippen molar-refractivity contribution >= 4 is 9.84 Å². The molecule has 2 rings (SSSR count). The Bertz CT molecular complexity index is 560. The summed E-state index contributed by atoms with van der Waals surface area (Å²) in [7, 11) is -2.98. The van der Waals surface area contributed by atoms with Crippen molar-refractivity contribution in [1.29, 1.82) is 0 Å². The minimum absolute atomic E-state index is 0.0422. The molecule has 8 heteroatoms. The smallest absolute Gasteiger partial charge is 0.165 e. The quantitative estimate of drug-likeness (QED) is 0.847. The standard InChI is InChI=1S/C11H21N5O2S/c1-10(2,3)12-7-9-13-14-15-16(9)11(4)5-6-19(17,18)8-11/h12H,5-8H2,1-4H3. The summed E-state index contributed by atoms with van der Waals surface area (Å²) in [5, 5.41) is 15.0. The van der Waals surface area contributed by atoms with Crippen molar-refractivity contribution in [2.24, 2.45) is 0 Å². The fourth-order valence-electron chi connectivity index (χ4n) is 2.24. The topological polar surface area (TPSA) is 89.8 Å². The molecule has 0 amide bonds. The summed E-state index contributed by atoms with van der Waals surface area (Å²) in [6.07, 6.45) is 0.558. The average molecular weight is 287 g/mol. The second-order valence-corrected chi connectivity index (χ2v) is 8.63. The van der Waals surface area contributed by atoms with E-state index in [0.717, 1.165) is 0 Å². The van der Waals surface area contributed by atoms with Gasteiger partial charge in [-0.3, -0.25) is 0 Å². The zero-order valence-corrected chi connectivity index (χ0v) is 12.7. The number of rotatable bonds is 3. The fraction of sp³-hybridized carbons (Fsp3) is 0.909. The van der Waals surface area contributed by atoms with E-state index in [4.69, 9.17) is 0 Å². The van der Waals surface area contributed by atoms with Crippen LogP contribution >= 0.6 is 0 Å². The molecule has 0 aromatic carbocycles. The zero-order valence-electron chi connectivity index (χ0n) is 11.8. The lowest BCUT2D eigenvalue weighted by atomic mass is 10.0. The largest absolute Gasteiger partial charge is 0.305 e. The molecule has 2 heterocycles. The Labute approximate surface area is 113 Å². The zero-order chi connectivity index (χ0) is 14.3. The molecule has 1 fully saturated rings. The van der Waals surface area contributed by atoms with Crippen LogP contribution in [0.1, 0.15) is 39.9 Å². The van der Waals surface area contributed by atoms with Crippen molar-refractivity contribution in [3.05, 3.63) is 5.82 Å². The van der Waals surface area contributed by atoms with Crippen LogP contribution < -0.4 is 5.32 Å².